The van der Waals surface area contributed by atoms with E-state index in [9.17, 15) is 17.6 Å². The van der Waals surface area contributed by atoms with Gasteiger partial charge in [-0.3, -0.25) is 9.69 Å². The van der Waals surface area contributed by atoms with Crippen molar-refractivity contribution in [1.29, 1.82) is 0 Å². The predicted molar refractivity (Wildman–Crippen MR) is 159 cm³/mol. The van der Waals surface area contributed by atoms with Crippen LogP contribution in [0.15, 0.2) is 71.6 Å². The predicted octanol–water partition coefficient (Wildman–Crippen LogP) is 5.78. The number of rotatable bonds is 10. The number of hydrogen-bond acceptors (Lipinski definition) is 4. The molecule has 1 saturated heterocycles. The number of piperazine rings is 1. The molecule has 40 heavy (non-hydrogen) atoms. The maximum absolute atomic E-state index is 13.5. The molecular formula is C32H42FN3O3S. The highest BCUT2D eigenvalue weighted by Gasteiger charge is 2.30. The second-order valence-corrected chi connectivity index (χ2v) is 14.1. The molecule has 0 saturated carbocycles. The van der Waals surface area contributed by atoms with E-state index in [1.165, 1.54) is 12.1 Å². The minimum Gasteiger partial charge on any atom is -0.337 e. The van der Waals surface area contributed by atoms with Crippen molar-refractivity contribution in [2.45, 2.75) is 52.0 Å². The summed E-state index contributed by atoms with van der Waals surface area (Å²) in [4.78, 5) is 17.8. The highest BCUT2D eigenvalue weighted by atomic mass is 32.2. The molecule has 8 heteroatoms. The monoisotopic (exact) mass is 567 g/mol. The first-order valence-corrected chi connectivity index (χ1v) is 15.6. The molecule has 3 aromatic rings. The fraction of sp³-hybridized carbons (Fsp3) is 0.469. The molecule has 0 N–H and O–H groups in total. The standard InChI is InChI=1S/C32H42FN3O3S/c1-25(23-32(2,3)4)22-31(37)35(24-26-12-14-28(33)15-13-26)19-16-34-17-20-36(21-18-34)40(38,39)30-11-7-9-27-8-5-6-10-29(27)30/h5-15,25H,16-24H2,1-4H3. The van der Waals surface area contributed by atoms with Gasteiger partial charge in [-0.05, 0) is 46.9 Å². The van der Waals surface area contributed by atoms with E-state index in [4.69, 9.17) is 0 Å². The smallest absolute Gasteiger partial charge is 0.243 e. The summed E-state index contributed by atoms with van der Waals surface area (Å²) in [6, 6.07) is 19.3. The first-order valence-electron chi connectivity index (χ1n) is 14.1. The molecule has 0 spiro atoms. The Balaban J connectivity index is 1.38. The lowest BCUT2D eigenvalue weighted by Gasteiger charge is -2.35. The van der Waals surface area contributed by atoms with Crippen molar-refractivity contribution in [3.63, 3.8) is 0 Å². The van der Waals surface area contributed by atoms with Crippen molar-refractivity contribution in [3.05, 3.63) is 78.1 Å². The van der Waals surface area contributed by atoms with E-state index in [0.717, 1.165) is 22.8 Å². The van der Waals surface area contributed by atoms with Crippen LogP contribution < -0.4 is 0 Å². The Morgan fingerprint density at radius 2 is 1.60 bits per heavy atom. The van der Waals surface area contributed by atoms with E-state index in [1.54, 1.807) is 28.6 Å². The van der Waals surface area contributed by atoms with Crippen LogP contribution in [0, 0.1) is 17.2 Å². The fourth-order valence-electron chi connectivity index (χ4n) is 5.66. The molecule has 0 bridgehead atoms. The summed E-state index contributed by atoms with van der Waals surface area (Å²) >= 11 is 0. The highest BCUT2D eigenvalue weighted by molar-refractivity contribution is 7.89. The van der Waals surface area contributed by atoms with Gasteiger partial charge in [-0.1, -0.05) is 76.2 Å². The van der Waals surface area contributed by atoms with Crippen LogP contribution in [-0.2, 0) is 21.4 Å². The molecule has 1 aliphatic rings. The van der Waals surface area contributed by atoms with Crippen molar-refractivity contribution >= 4 is 26.7 Å². The van der Waals surface area contributed by atoms with Crippen molar-refractivity contribution in [3.8, 4) is 0 Å². The second kappa shape index (κ2) is 12.8. The Labute approximate surface area is 238 Å². The van der Waals surface area contributed by atoms with Gasteiger partial charge in [-0.2, -0.15) is 4.31 Å². The quantitative estimate of drug-likeness (QED) is 0.312. The molecule has 6 nitrogen and oxygen atoms in total. The third-order valence-electron chi connectivity index (χ3n) is 7.51. The number of halogens is 1. The van der Waals surface area contributed by atoms with Crippen molar-refractivity contribution in [2.75, 3.05) is 39.3 Å². The van der Waals surface area contributed by atoms with Crippen molar-refractivity contribution in [2.24, 2.45) is 11.3 Å². The summed E-state index contributed by atoms with van der Waals surface area (Å²) in [5.41, 5.74) is 1.04. The Hall–Kier alpha value is -2.81. The fourth-order valence-corrected chi connectivity index (χ4v) is 7.30. The van der Waals surface area contributed by atoms with Gasteiger partial charge in [0.15, 0.2) is 0 Å². The van der Waals surface area contributed by atoms with E-state index in [1.807, 2.05) is 35.2 Å². The van der Waals surface area contributed by atoms with Crippen molar-refractivity contribution < 1.29 is 17.6 Å². The Morgan fingerprint density at radius 1 is 0.950 bits per heavy atom. The second-order valence-electron chi connectivity index (χ2n) is 12.2. The summed E-state index contributed by atoms with van der Waals surface area (Å²) in [5.74, 6) is 0.0565. The lowest BCUT2D eigenvalue weighted by atomic mass is 9.84. The number of sulfonamides is 1. The largest absolute Gasteiger partial charge is 0.337 e. The molecule has 0 aliphatic carbocycles. The van der Waals surface area contributed by atoms with Crippen LogP contribution in [0.5, 0.6) is 0 Å². The molecule has 1 fully saturated rings. The average Bonchev–Trinajstić information content (AvgIpc) is 2.90. The Kier molecular flexibility index (Phi) is 9.64. The molecule has 1 atom stereocenters. The van der Waals surface area contributed by atoms with Gasteiger partial charge >= 0.3 is 0 Å². The lowest BCUT2D eigenvalue weighted by Crippen LogP contribution is -2.50. The minimum absolute atomic E-state index is 0.0956. The molecule has 3 aromatic carbocycles. The van der Waals surface area contributed by atoms with Crippen LogP contribution in [0.2, 0.25) is 0 Å². The average molecular weight is 568 g/mol. The molecule has 0 aromatic heterocycles. The number of carbonyl (C=O) groups excluding carboxylic acids is 1. The maximum Gasteiger partial charge on any atom is 0.243 e. The summed E-state index contributed by atoms with van der Waals surface area (Å²) in [6.07, 6.45) is 1.42. The molecule has 0 radical (unpaired) electrons. The third kappa shape index (κ3) is 7.89. The highest BCUT2D eigenvalue weighted by Crippen LogP contribution is 2.28. The zero-order valence-electron chi connectivity index (χ0n) is 24.1. The van der Waals surface area contributed by atoms with Crippen LogP contribution in [-0.4, -0.2) is 67.7 Å². The van der Waals surface area contributed by atoms with Crippen LogP contribution >= 0.6 is 0 Å². The van der Waals surface area contributed by atoms with Gasteiger partial charge in [0, 0.05) is 57.6 Å². The van der Waals surface area contributed by atoms with Gasteiger partial charge in [0.25, 0.3) is 0 Å². The van der Waals surface area contributed by atoms with Gasteiger partial charge in [0.2, 0.25) is 15.9 Å². The van der Waals surface area contributed by atoms with Gasteiger partial charge in [-0.15, -0.1) is 0 Å². The molecule has 1 heterocycles. The molecule has 1 unspecified atom stereocenters. The van der Waals surface area contributed by atoms with E-state index < -0.39 is 10.0 Å². The molecule has 4 rings (SSSR count). The van der Waals surface area contributed by atoms with E-state index in [2.05, 4.69) is 32.6 Å². The Bertz CT molecular complexity index is 1390. The van der Waals surface area contributed by atoms with Crippen LogP contribution in [0.25, 0.3) is 10.8 Å². The summed E-state index contributed by atoms with van der Waals surface area (Å²) < 4.78 is 42.1. The molecular weight excluding hydrogens is 525 g/mol. The maximum atomic E-state index is 13.5. The summed E-state index contributed by atoms with van der Waals surface area (Å²) in [5, 5.41) is 1.65. The minimum atomic E-state index is -3.62. The number of hydrogen-bond donors (Lipinski definition) is 0. The van der Waals surface area contributed by atoms with Gasteiger partial charge in [0.05, 0.1) is 4.90 Å². The zero-order valence-corrected chi connectivity index (χ0v) is 25.0. The van der Waals surface area contributed by atoms with Crippen LogP contribution in [0.4, 0.5) is 4.39 Å². The first kappa shape index (κ1) is 30.2. The van der Waals surface area contributed by atoms with E-state index >= 15 is 0 Å². The van der Waals surface area contributed by atoms with E-state index in [0.29, 0.717) is 57.1 Å². The summed E-state index contributed by atoms with van der Waals surface area (Å²) in [7, 11) is -3.62. The molecule has 216 valence electrons. The number of carbonyl (C=O) groups is 1. The molecule has 1 aliphatic heterocycles. The SMILES string of the molecule is CC(CC(=O)N(CCN1CCN(S(=O)(=O)c2cccc3ccccc23)CC1)Cc1ccc(F)cc1)CC(C)(C)C. The van der Waals surface area contributed by atoms with E-state index in [-0.39, 0.29) is 23.1 Å². The molecule has 1 amide bonds. The van der Waals surface area contributed by atoms with Crippen LogP contribution in [0.3, 0.4) is 0 Å². The number of fused-ring (bicyclic) bond motifs is 1. The Morgan fingerprint density at radius 3 is 2.27 bits per heavy atom. The van der Waals surface area contributed by atoms with Gasteiger partial charge < -0.3 is 4.90 Å². The zero-order chi connectivity index (χ0) is 28.9. The number of benzene rings is 3. The van der Waals surface area contributed by atoms with Crippen molar-refractivity contribution in [1.82, 2.24) is 14.1 Å². The number of nitrogens with zero attached hydrogens (tertiary/aromatic N) is 3. The van der Waals surface area contributed by atoms with Gasteiger partial charge in [-0.25, -0.2) is 12.8 Å². The first-order chi connectivity index (χ1) is 18.9. The lowest BCUT2D eigenvalue weighted by molar-refractivity contribution is -0.133. The summed E-state index contributed by atoms with van der Waals surface area (Å²) in [6.45, 7) is 12.3. The van der Waals surface area contributed by atoms with Gasteiger partial charge in [0.1, 0.15) is 5.82 Å². The normalized spacial score (nSPS) is 16.2. The topological polar surface area (TPSA) is 60.9 Å². The van der Waals surface area contributed by atoms with Crippen LogP contribution in [0.1, 0.15) is 46.1 Å². The number of amides is 1. The third-order valence-corrected chi connectivity index (χ3v) is 9.46.